The van der Waals surface area contributed by atoms with E-state index in [-0.39, 0.29) is 5.78 Å². The Balaban J connectivity index is 2.12. The van der Waals surface area contributed by atoms with Gasteiger partial charge in [-0.15, -0.1) is 0 Å². The fraction of sp³-hybridized carbons (Fsp3) is 0.0667. The number of nitrogens with zero attached hydrogens (tertiary/aromatic N) is 1. The van der Waals surface area contributed by atoms with Crippen LogP contribution in [0.15, 0.2) is 60.9 Å². The lowest BCUT2D eigenvalue weighted by Crippen LogP contribution is -2.23. The monoisotopic (exact) mass is 224 g/mol. The van der Waals surface area contributed by atoms with E-state index >= 15 is 0 Å². The SMILES string of the molecule is Cc1ccc(C(=O)/C=C/[n+]2ccccc2)cc1. The van der Waals surface area contributed by atoms with E-state index in [1.54, 1.807) is 12.3 Å². The third kappa shape index (κ3) is 3.11. The quantitative estimate of drug-likeness (QED) is 0.446. The molecule has 0 unspecified atom stereocenters. The molecule has 2 rings (SSSR count). The molecule has 2 nitrogen and oxygen atoms in total. The molecule has 2 heteroatoms. The molecule has 0 amide bonds. The maximum Gasteiger partial charge on any atom is 0.191 e. The molecular weight excluding hydrogens is 210 g/mol. The lowest BCUT2D eigenvalue weighted by atomic mass is 10.1. The van der Waals surface area contributed by atoms with Gasteiger partial charge in [0.1, 0.15) is 0 Å². The topological polar surface area (TPSA) is 20.9 Å². The van der Waals surface area contributed by atoms with Crippen molar-refractivity contribution in [2.24, 2.45) is 0 Å². The normalized spacial score (nSPS) is 10.6. The molecule has 0 aliphatic carbocycles. The molecule has 0 fully saturated rings. The van der Waals surface area contributed by atoms with Crippen LogP contribution in [0, 0.1) is 6.92 Å². The molecule has 1 aromatic carbocycles. The number of aryl methyl sites for hydroxylation is 1. The van der Waals surface area contributed by atoms with E-state index in [0.717, 1.165) is 5.56 Å². The first kappa shape index (κ1) is 11.3. The lowest BCUT2D eigenvalue weighted by molar-refractivity contribution is -0.568. The number of hydrogen-bond acceptors (Lipinski definition) is 1. The van der Waals surface area contributed by atoms with Gasteiger partial charge in [-0.1, -0.05) is 35.9 Å². The number of carbonyl (C=O) groups is 1. The summed E-state index contributed by atoms with van der Waals surface area (Å²) >= 11 is 0. The Morgan fingerprint density at radius 1 is 1.06 bits per heavy atom. The van der Waals surface area contributed by atoms with Crippen molar-refractivity contribution in [2.75, 3.05) is 0 Å². The highest BCUT2D eigenvalue weighted by molar-refractivity contribution is 6.05. The number of aromatic nitrogens is 1. The average Bonchev–Trinajstić information content (AvgIpc) is 2.38. The summed E-state index contributed by atoms with van der Waals surface area (Å²) in [6.45, 7) is 2.00. The minimum absolute atomic E-state index is 0.0151. The Morgan fingerprint density at radius 3 is 2.35 bits per heavy atom. The van der Waals surface area contributed by atoms with Gasteiger partial charge in [-0.2, -0.15) is 4.57 Å². The molecule has 0 aliphatic heterocycles. The Bertz CT molecular complexity index is 527. The van der Waals surface area contributed by atoms with Crippen LogP contribution < -0.4 is 4.57 Å². The van der Waals surface area contributed by atoms with Crippen molar-refractivity contribution in [1.29, 1.82) is 0 Å². The predicted octanol–water partition coefficient (Wildman–Crippen LogP) is 2.64. The van der Waals surface area contributed by atoms with Crippen molar-refractivity contribution in [3.05, 3.63) is 72.1 Å². The highest BCUT2D eigenvalue weighted by Crippen LogP contribution is 2.04. The molecule has 0 saturated heterocycles. The second-order valence-electron chi connectivity index (χ2n) is 3.87. The first-order valence-electron chi connectivity index (χ1n) is 5.51. The molecule has 0 saturated carbocycles. The van der Waals surface area contributed by atoms with Crippen LogP contribution in [-0.2, 0) is 0 Å². The van der Waals surface area contributed by atoms with E-state index in [1.807, 2.05) is 66.3 Å². The fourth-order valence-electron chi connectivity index (χ4n) is 1.48. The van der Waals surface area contributed by atoms with Gasteiger partial charge in [-0.25, -0.2) is 0 Å². The highest BCUT2D eigenvalue weighted by Gasteiger charge is 2.02. The second kappa shape index (κ2) is 5.21. The molecule has 1 heterocycles. The molecule has 0 atom stereocenters. The van der Waals surface area contributed by atoms with Crippen LogP contribution in [0.5, 0.6) is 0 Å². The summed E-state index contributed by atoms with van der Waals surface area (Å²) in [6, 6.07) is 13.3. The standard InChI is InChI=1S/C15H14NO/c1-13-5-7-14(8-6-13)15(17)9-12-16-10-3-2-4-11-16/h2-12H,1H3/q+1/b12-9+. The summed E-state index contributed by atoms with van der Waals surface area (Å²) in [4.78, 5) is 11.8. The van der Waals surface area contributed by atoms with E-state index in [9.17, 15) is 4.79 Å². The second-order valence-corrected chi connectivity index (χ2v) is 3.87. The van der Waals surface area contributed by atoms with Gasteiger partial charge in [0.2, 0.25) is 0 Å². The number of carbonyl (C=O) groups excluding carboxylic acids is 1. The number of ketones is 1. The summed E-state index contributed by atoms with van der Waals surface area (Å²) in [7, 11) is 0. The molecule has 0 spiro atoms. The summed E-state index contributed by atoms with van der Waals surface area (Å²) in [6.07, 6.45) is 7.10. The number of rotatable bonds is 3. The Hall–Kier alpha value is -2.22. The molecule has 1 aromatic heterocycles. The predicted molar refractivity (Wildman–Crippen MR) is 67.5 cm³/mol. The maximum absolute atomic E-state index is 11.8. The fourth-order valence-corrected chi connectivity index (χ4v) is 1.48. The third-order valence-corrected chi connectivity index (χ3v) is 2.47. The van der Waals surface area contributed by atoms with Gasteiger partial charge in [0.25, 0.3) is 0 Å². The first-order chi connectivity index (χ1) is 8.25. The van der Waals surface area contributed by atoms with Gasteiger partial charge in [0.15, 0.2) is 24.4 Å². The minimum atomic E-state index is 0.0151. The third-order valence-electron chi connectivity index (χ3n) is 2.47. The largest absolute Gasteiger partial charge is 0.289 e. The van der Waals surface area contributed by atoms with Crippen molar-refractivity contribution < 1.29 is 9.36 Å². The van der Waals surface area contributed by atoms with Crippen molar-refractivity contribution in [3.8, 4) is 0 Å². The van der Waals surface area contributed by atoms with Crippen LogP contribution in [0.4, 0.5) is 0 Å². The van der Waals surface area contributed by atoms with E-state index in [2.05, 4.69) is 0 Å². The van der Waals surface area contributed by atoms with Crippen LogP contribution in [0.2, 0.25) is 0 Å². The van der Waals surface area contributed by atoms with Crippen LogP contribution in [0.25, 0.3) is 6.20 Å². The Morgan fingerprint density at radius 2 is 1.71 bits per heavy atom. The summed E-state index contributed by atoms with van der Waals surface area (Å²) in [5.74, 6) is 0.0151. The average molecular weight is 224 g/mol. The van der Waals surface area contributed by atoms with Crippen molar-refractivity contribution in [1.82, 2.24) is 0 Å². The van der Waals surface area contributed by atoms with Crippen molar-refractivity contribution in [3.63, 3.8) is 0 Å². The summed E-state index contributed by atoms with van der Waals surface area (Å²) in [5.41, 5.74) is 1.87. The molecular formula is C15H14NO+. The Kier molecular flexibility index (Phi) is 3.46. The van der Waals surface area contributed by atoms with Crippen LogP contribution in [0.1, 0.15) is 15.9 Å². The minimum Gasteiger partial charge on any atom is -0.289 e. The van der Waals surface area contributed by atoms with Crippen LogP contribution in [0.3, 0.4) is 0 Å². The number of hydrogen-bond donors (Lipinski definition) is 0. The molecule has 0 aliphatic rings. The summed E-state index contributed by atoms with van der Waals surface area (Å²) < 4.78 is 1.84. The highest BCUT2D eigenvalue weighted by atomic mass is 16.1. The number of benzene rings is 1. The van der Waals surface area contributed by atoms with Gasteiger partial charge in [0.05, 0.1) is 6.08 Å². The molecule has 0 bridgehead atoms. The summed E-state index contributed by atoms with van der Waals surface area (Å²) in [5, 5.41) is 0. The Labute approximate surface area is 101 Å². The number of allylic oxidation sites excluding steroid dienone is 1. The van der Waals surface area contributed by atoms with Crippen LogP contribution >= 0.6 is 0 Å². The molecule has 0 N–H and O–H groups in total. The van der Waals surface area contributed by atoms with Gasteiger partial charge in [-0.3, -0.25) is 4.79 Å². The van der Waals surface area contributed by atoms with Gasteiger partial charge >= 0.3 is 0 Å². The van der Waals surface area contributed by atoms with E-state index in [4.69, 9.17) is 0 Å². The first-order valence-corrected chi connectivity index (χ1v) is 5.51. The van der Waals surface area contributed by atoms with Crippen LogP contribution in [-0.4, -0.2) is 5.78 Å². The molecule has 2 aromatic rings. The van der Waals surface area contributed by atoms with E-state index < -0.39 is 0 Å². The lowest BCUT2D eigenvalue weighted by Gasteiger charge is -1.95. The molecule has 17 heavy (non-hydrogen) atoms. The zero-order valence-electron chi connectivity index (χ0n) is 9.71. The zero-order chi connectivity index (χ0) is 12.1. The molecule has 0 radical (unpaired) electrons. The van der Waals surface area contributed by atoms with Gasteiger partial charge in [0, 0.05) is 17.7 Å². The van der Waals surface area contributed by atoms with E-state index in [1.165, 1.54) is 0 Å². The van der Waals surface area contributed by atoms with E-state index in [0.29, 0.717) is 5.56 Å². The van der Waals surface area contributed by atoms with Crippen molar-refractivity contribution in [2.45, 2.75) is 6.92 Å². The number of pyridine rings is 1. The van der Waals surface area contributed by atoms with Gasteiger partial charge in [-0.05, 0) is 6.92 Å². The zero-order valence-corrected chi connectivity index (χ0v) is 9.71. The van der Waals surface area contributed by atoms with Crippen molar-refractivity contribution >= 4 is 12.0 Å². The smallest absolute Gasteiger partial charge is 0.191 e. The maximum atomic E-state index is 11.8. The van der Waals surface area contributed by atoms with Gasteiger partial charge < -0.3 is 0 Å². The molecule has 84 valence electrons.